The molecule has 0 saturated heterocycles. The van der Waals surface area contributed by atoms with E-state index >= 15 is 0 Å². The number of carboxylic acids is 1. The lowest BCUT2D eigenvalue weighted by Gasteiger charge is -2.08. The maximum Gasteiger partial charge on any atom is 0.418 e. The fraction of sp³-hybridized carbons (Fsp3) is 0.600. The first-order valence-corrected chi connectivity index (χ1v) is 2.97. The molecule has 0 bridgehead atoms. The number of carbonyl (C=O) groups excluding carboxylic acids is 1. The summed E-state index contributed by atoms with van der Waals surface area (Å²) < 4.78 is 4.21. The van der Waals surface area contributed by atoms with Crippen molar-refractivity contribution < 1.29 is 19.4 Å². The number of nitrogens with two attached hydrogens (primary N) is 2. The Morgan fingerprint density at radius 2 is 2.09 bits per heavy atom. The summed E-state index contributed by atoms with van der Waals surface area (Å²) in [5, 5.41) is 8.04. The van der Waals surface area contributed by atoms with E-state index in [0.29, 0.717) is 0 Å². The first-order chi connectivity index (χ1) is 5.07. The zero-order chi connectivity index (χ0) is 8.85. The maximum atomic E-state index is 10.3. The average molecular weight is 162 g/mol. The molecule has 0 aliphatic rings. The van der Waals surface area contributed by atoms with Crippen LogP contribution in [-0.4, -0.2) is 29.8 Å². The highest BCUT2D eigenvalue weighted by Gasteiger charge is 2.16. The molecule has 0 spiro atoms. The molecule has 0 aromatic heterocycles. The largest absolute Gasteiger partial charge is 0.473 e. The van der Waals surface area contributed by atoms with Gasteiger partial charge in [0.1, 0.15) is 0 Å². The Morgan fingerprint density at radius 1 is 1.55 bits per heavy atom. The molecule has 1 unspecified atom stereocenters. The van der Waals surface area contributed by atoms with Crippen LogP contribution in [0.5, 0.6) is 0 Å². The van der Waals surface area contributed by atoms with Crippen LogP contribution < -0.4 is 11.5 Å². The quantitative estimate of drug-likeness (QED) is 0.257. The van der Waals surface area contributed by atoms with Gasteiger partial charge in [-0.15, -0.1) is 0 Å². The topological polar surface area (TPSA) is 116 Å². The fourth-order valence-electron chi connectivity index (χ4n) is 0.411. The van der Waals surface area contributed by atoms with Crippen LogP contribution in [0.25, 0.3) is 0 Å². The van der Waals surface area contributed by atoms with Crippen LogP contribution in [0.2, 0.25) is 0 Å². The van der Waals surface area contributed by atoms with Gasteiger partial charge in [0.15, 0.2) is 6.23 Å². The van der Waals surface area contributed by atoms with Gasteiger partial charge in [-0.1, -0.05) is 0 Å². The molecule has 1 atom stereocenters. The lowest BCUT2D eigenvalue weighted by Crippen LogP contribution is -2.32. The Labute approximate surface area is 63.1 Å². The van der Waals surface area contributed by atoms with Crippen molar-refractivity contribution in [2.75, 3.05) is 6.54 Å². The predicted octanol–water partition coefficient (Wildman–Crippen LogP) is -1.75. The molecule has 0 heterocycles. The fourth-order valence-corrected chi connectivity index (χ4v) is 0.411. The van der Waals surface area contributed by atoms with Crippen molar-refractivity contribution in [2.45, 2.75) is 12.6 Å². The van der Waals surface area contributed by atoms with Crippen LogP contribution in [0, 0.1) is 0 Å². The number of esters is 1. The summed E-state index contributed by atoms with van der Waals surface area (Å²) in [7, 11) is 0. The highest BCUT2D eigenvalue weighted by Crippen LogP contribution is 1.89. The summed E-state index contributed by atoms with van der Waals surface area (Å²) in [6.45, 7) is 0.244. The van der Waals surface area contributed by atoms with Crippen LogP contribution in [0.15, 0.2) is 0 Å². The first kappa shape index (κ1) is 9.86. The first-order valence-electron chi connectivity index (χ1n) is 2.97. The lowest BCUT2D eigenvalue weighted by molar-refractivity contribution is -0.167. The van der Waals surface area contributed by atoms with Gasteiger partial charge in [0.05, 0.1) is 0 Å². The number of ether oxygens (including phenoxy) is 1. The van der Waals surface area contributed by atoms with Gasteiger partial charge in [-0.3, -0.25) is 5.73 Å². The van der Waals surface area contributed by atoms with Gasteiger partial charge in [0.2, 0.25) is 0 Å². The molecule has 0 rings (SSSR count). The normalized spacial score (nSPS) is 12.2. The second-order valence-corrected chi connectivity index (χ2v) is 1.83. The Balaban J connectivity index is 3.66. The van der Waals surface area contributed by atoms with Crippen molar-refractivity contribution in [3.8, 4) is 0 Å². The highest BCUT2D eigenvalue weighted by atomic mass is 16.6. The van der Waals surface area contributed by atoms with Gasteiger partial charge < -0.3 is 15.6 Å². The minimum Gasteiger partial charge on any atom is -0.473 e. The molecular weight excluding hydrogens is 152 g/mol. The summed E-state index contributed by atoms with van der Waals surface area (Å²) in [6.07, 6.45) is -0.678. The SMILES string of the molecule is NCCC(N)OC(=O)C(=O)O. The van der Waals surface area contributed by atoms with Gasteiger partial charge in [-0.2, -0.15) is 0 Å². The van der Waals surface area contributed by atoms with Crippen LogP contribution in [0.4, 0.5) is 0 Å². The molecule has 0 aliphatic carbocycles. The van der Waals surface area contributed by atoms with E-state index in [1.807, 2.05) is 0 Å². The maximum absolute atomic E-state index is 10.3. The third-order valence-corrected chi connectivity index (χ3v) is 0.884. The lowest BCUT2D eigenvalue weighted by atomic mass is 10.4. The van der Waals surface area contributed by atoms with Gasteiger partial charge in [0.25, 0.3) is 0 Å². The highest BCUT2D eigenvalue weighted by molar-refractivity contribution is 6.28. The van der Waals surface area contributed by atoms with Gasteiger partial charge in [-0.25, -0.2) is 9.59 Å². The summed E-state index contributed by atoms with van der Waals surface area (Å²) >= 11 is 0. The second kappa shape index (κ2) is 4.64. The number of hydrogen-bond acceptors (Lipinski definition) is 5. The van der Waals surface area contributed by atoms with E-state index in [1.54, 1.807) is 0 Å². The van der Waals surface area contributed by atoms with Crippen LogP contribution >= 0.6 is 0 Å². The molecule has 6 heteroatoms. The molecule has 64 valence electrons. The Bertz CT molecular complexity index is 159. The molecule has 0 saturated carbocycles. The van der Waals surface area contributed by atoms with Crippen molar-refractivity contribution in [3.05, 3.63) is 0 Å². The summed E-state index contributed by atoms with van der Waals surface area (Å²) in [4.78, 5) is 20.2. The minimum absolute atomic E-state index is 0.244. The molecule has 0 amide bonds. The number of hydrogen-bond donors (Lipinski definition) is 3. The van der Waals surface area contributed by atoms with E-state index in [4.69, 9.17) is 16.6 Å². The summed E-state index contributed by atoms with van der Waals surface area (Å²) in [5.41, 5.74) is 10.2. The molecule has 11 heavy (non-hydrogen) atoms. The number of rotatable bonds is 3. The van der Waals surface area contributed by atoms with Crippen molar-refractivity contribution in [2.24, 2.45) is 11.5 Å². The Hall–Kier alpha value is -1.14. The molecule has 0 fully saturated rings. The zero-order valence-corrected chi connectivity index (χ0v) is 5.82. The Kier molecular flexibility index (Phi) is 4.16. The molecule has 6 nitrogen and oxygen atoms in total. The summed E-state index contributed by atoms with van der Waals surface area (Å²) in [5.74, 6) is -3.01. The van der Waals surface area contributed by atoms with Gasteiger partial charge in [0, 0.05) is 6.42 Å². The van der Waals surface area contributed by atoms with E-state index in [-0.39, 0.29) is 13.0 Å². The van der Waals surface area contributed by atoms with Crippen molar-refractivity contribution in [1.82, 2.24) is 0 Å². The third kappa shape index (κ3) is 4.29. The molecular formula is C5H10N2O4. The molecule has 0 aliphatic heterocycles. The summed E-state index contributed by atoms with van der Waals surface area (Å²) in [6, 6.07) is 0. The Morgan fingerprint density at radius 3 is 2.45 bits per heavy atom. The second-order valence-electron chi connectivity index (χ2n) is 1.83. The van der Waals surface area contributed by atoms with Gasteiger partial charge >= 0.3 is 11.9 Å². The molecule has 0 radical (unpaired) electrons. The molecule has 5 N–H and O–H groups in total. The van der Waals surface area contributed by atoms with Crippen LogP contribution in [0.3, 0.4) is 0 Å². The molecule has 0 aromatic rings. The van der Waals surface area contributed by atoms with Crippen molar-refractivity contribution in [1.29, 1.82) is 0 Å². The van der Waals surface area contributed by atoms with E-state index < -0.39 is 18.2 Å². The van der Waals surface area contributed by atoms with E-state index in [0.717, 1.165) is 0 Å². The van der Waals surface area contributed by atoms with E-state index in [2.05, 4.69) is 4.74 Å². The monoisotopic (exact) mass is 162 g/mol. The third-order valence-electron chi connectivity index (χ3n) is 0.884. The van der Waals surface area contributed by atoms with E-state index in [1.165, 1.54) is 0 Å². The van der Waals surface area contributed by atoms with Gasteiger partial charge in [-0.05, 0) is 6.54 Å². The standard InChI is InChI=1S/C5H10N2O4/c6-2-1-3(7)11-5(10)4(8)9/h3H,1-2,6-7H2,(H,8,9). The predicted molar refractivity (Wildman–Crippen MR) is 35.4 cm³/mol. The minimum atomic E-state index is -1.66. The van der Waals surface area contributed by atoms with Crippen molar-refractivity contribution >= 4 is 11.9 Å². The number of aliphatic carboxylic acids is 1. The van der Waals surface area contributed by atoms with Crippen LogP contribution in [0.1, 0.15) is 6.42 Å². The van der Waals surface area contributed by atoms with Crippen LogP contribution in [-0.2, 0) is 14.3 Å². The average Bonchev–Trinajstić information content (AvgIpc) is 1.87. The number of carboxylic acid groups (broad SMARTS) is 1. The zero-order valence-electron chi connectivity index (χ0n) is 5.82. The smallest absolute Gasteiger partial charge is 0.418 e. The molecule has 0 aromatic carbocycles. The van der Waals surface area contributed by atoms with Crippen molar-refractivity contribution in [3.63, 3.8) is 0 Å². The number of carbonyl (C=O) groups is 2. The van der Waals surface area contributed by atoms with E-state index in [9.17, 15) is 9.59 Å².